The van der Waals surface area contributed by atoms with E-state index in [1.54, 1.807) is 55.7 Å². The third kappa shape index (κ3) is 4.70. The lowest BCUT2D eigenvalue weighted by atomic mass is 10.2. The number of hydrogen-bond donors (Lipinski definition) is 1. The number of carbonyl (C=O) groups is 1. The van der Waals surface area contributed by atoms with Crippen molar-refractivity contribution < 1.29 is 9.53 Å². The Bertz CT molecular complexity index is 1290. The van der Waals surface area contributed by atoms with Crippen LogP contribution in [0.3, 0.4) is 0 Å². The number of carbonyl (C=O) groups excluding carboxylic acids is 1. The van der Waals surface area contributed by atoms with Crippen LogP contribution >= 0.6 is 0 Å². The van der Waals surface area contributed by atoms with Gasteiger partial charge in [0.05, 0.1) is 18.0 Å². The Labute approximate surface area is 179 Å². The first-order valence-corrected chi connectivity index (χ1v) is 9.80. The van der Waals surface area contributed by atoms with Gasteiger partial charge < -0.3 is 10.1 Å². The predicted molar refractivity (Wildman–Crippen MR) is 123 cm³/mol. The van der Waals surface area contributed by atoms with E-state index in [-0.39, 0.29) is 18.0 Å². The number of hydrogen-bond acceptors (Lipinski definition) is 4. The summed E-state index contributed by atoms with van der Waals surface area (Å²) in [6, 6.07) is 23.8. The lowest BCUT2D eigenvalue weighted by Crippen LogP contribution is -2.30. The molecule has 0 saturated heterocycles. The quantitative estimate of drug-likeness (QED) is 0.516. The van der Waals surface area contributed by atoms with Gasteiger partial charge in [0, 0.05) is 5.69 Å². The zero-order valence-electron chi connectivity index (χ0n) is 17.0. The molecule has 4 rings (SSSR count). The Morgan fingerprint density at radius 1 is 0.968 bits per heavy atom. The van der Waals surface area contributed by atoms with E-state index in [0.29, 0.717) is 28.2 Å². The van der Waals surface area contributed by atoms with Crippen LogP contribution in [0, 0.1) is 0 Å². The largest absolute Gasteiger partial charge is 0.497 e. The van der Waals surface area contributed by atoms with E-state index in [1.165, 1.54) is 4.57 Å². The van der Waals surface area contributed by atoms with E-state index in [9.17, 15) is 9.59 Å². The number of rotatable bonds is 6. The molecular weight excluding hydrogens is 390 g/mol. The fourth-order valence-corrected chi connectivity index (χ4v) is 3.22. The van der Waals surface area contributed by atoms with Crippen molar-refractivity contribution in [3.05, 3.63) is 101 Å². The van der Waals surface area contributed by atoms with Crippen molar-refractivity contribution in [3.63, 3.8) is 0 Å². The van der Waals surface area contributed by atoms with E-state index in [2.05, 4.69) is 10.3 Å². The summed E-state index contributed by atoms with van der Waals surface area (Å²) in [5.41, 5.74) is 1.92. The highest BCUT2D eigenvalue weighted by atomic mass is 16.5. The van der Waals surface area contributed by atoms with Gasteiger partial charge >= 0.3 is 0 Å². The normalized spacial score (nSPS) is 11.0. The molecule has 0 fully saturated rings. The van der Waals surface area contributed by atoms with Crippen molar-refractivity contribution in [2.45, 2.75) is 6.54 Å². The molecule has 0 bridgehead atoms. The molecule has 154 valence electrons. The van der Waals surface area contributed by atoms with Crippen LogP contribution in [0.4, 0.5) is 5.69 Å². The summed E-state index contributed by atoms with van der Waals surface area (Å²) in [6.07, 6.45) is 3.62. The van der Waals surface area contributed by atoms with Gasteiger partial charge in [0.1, 0.15) is 18.1 Å². The average molecular weight is 411 g/mol. The molecule has 1 N–H and O–H groups in total. The molecule has 0 aliphatic carbocycles. The fourth-order valence-electron chi connectivity index (χ4n) is 3.22. The molecule has 0 aliphatic rings. The van der Waals surface area contributed by atoms with Gasteiger partial charge in [-0.1, -0.05) is 48.5 Å². The van der Waals surface area contributed by atoms with Crippen molar-refractivity contribution in [1.82, 2.24) is 9.55 Å². The second kappa shape index (κ2) is 9.09. The Balaban J connectivity index is 1.67. The fraction of sp³-hybridized carbons (Fsp3) is 0.0800. The van der Waals surface area contributed by atoms with E-state index in [1.807, 2.05) is 42.5 Å². The number of ether oxygens (including phenoxy) is 1. The number of nitrogens with zero attached hydrogens (tertiary/aromatic N) is 2. The Morgan fingerprint density at radius 2 is 1.68 bits per heavy atom. The summed E-state index contributed by atoms with van der Waals surface area (Å²) in [6.45, 7) is -0.156. The minimum absolute atomic E-state index is 0.156. The molecule has 6 heteroatoms. The maximum atomic E-state index is 13.1. The second-order valence-electron chi connectivity index (χ2n) is 6.90. The number of aromatic nitrogens is 2. The number of methoxy groups -OCH3 is 1. The van der Waals surface area contributed by atoms with E-state index < -0.39 is 0 Å². The summed E-state index contributed by atoms with van der Waals surface area (Å²) in [4.78, 5) is 30.4. The molecule has 1 aromatic heterocycles. The first kappa shape index (κ1) is 20.1. The predicted octanol–water partition coefficient (Wildman–Crippen LogP) is 4.21. The monoisotopic (exact) mass is 411 g/mol. The molecule has 0 unspecified atom stereocenters. The van der Waals surface area contributed by atoms with Crippen molar-refractivity contribution in [2.24, 2.45) is 0 Å². The van der Waals surface area contributed by atoms with Crippen LogP contribution in [0.15, 0.2) is 83.7 Å². The van der Waals surface area contributed by atoms with Crippen molar-refractivity contribution >= 4 is 34.6 Å². The lowest BCUT2D eigenvalue weighted by Gasteiger charge is -2.12. The molecule has 4 aromatic rings. The molecule has 0 radical (unpaired) electrons. The molecule has 1 heterocycles. The van der Waals surface area contributed by atoms with Crippen LogP contribution in [0.25, 0.3) is 23.1 Å². The van der Waals surface area contributed by atoms with E-state index in [4.69, 9.17) is 4.74 Å². The second-order valence-corrected chi connectivity index (χ2v) is 6.90. The van der Waals surface area contributed by atoms with Gasteiger partial charge in [0.15, 0.2) is 0 Å². The first-order valence-electron chi connectivity index (χ1n) is 9.80. The van der Waals surface area contributed by atoms with Gasteiger partial charge in [0.2, 0.25) is 5.91 Å². The number of nitrogens with one attached hydrogen (secondary N) is 1. The summed E-state index contributed by atoms with van der Waals surface area (Å²) >= 11 is 0. The number of amides is 1. The van der Waals surface area contributed by atoms with Crippen LogP contribution < -0.4 is 15.6 Å². The van der Waals surface area contributed by atoms with Crippen LogP contribution in [-0.4, -0.2) is 22.6 Å². The molecule has 0 spiro atoms. The summed E-state index contributed by atoms with van der Waals surface area (Å²) in [5.74, 6) is 0.789. The zero-order valence-corrected chi connectivity index (χ0v) is 17.0. The summed E-state index contributed by atoms with van der Waals surface area (Å²) in [7, 11) is 1.58. The smallest absolute Gasteiger partial charge is 0.262 e. The lowest BCUT2D eigenvalue weighted by molar-refractivity contribution is -0.116. The van der Waals surface area contributed by atoms with Crippen LogP contribution in [0.5, 0.6) is 5.75 Å². The third-order valence-electron chi connectivity index (χ3n) is 4.79. The van der Waals surface area contributed by atoms with Crippen LogP contribution in [0.2, 0.25) is 0 Å². The maximum Gasteiger partial charge on any atom is 0.262 e. The molecule has 0 atom stereocenters. The Morgan fingerprint density at radius 3 is 2.42 bits per heavy atom. The Hall–Kier alpha value is -4.19. The number of fused-ring (bicyclic) bond motifs is 1. The van der Waals surface area contributed by atoms with Crippen molar-refractivity contribution in [1.29, 1.82) is 0 Å². The molecule has 0 saturated carbocycles. The van der Waals surface area contributed by atoms with Gasteiger partial charge in [0.25, 0.3) is 5.56 Å². The van der Waals surface area contributed by atoms with Gasteiger partial charge in [-0.25, -0.2) is 4.98 Å². The number of anilines is 1. The summed E-state index contributed by atoms with van der Waals surface area (Å²) in [5, 5.41) is 3.28. The molecule has 3 aromatic carbocycles. The number of benzene rings is 3. The summed E-state index contributed by atoms with van der Waals surface area (Å²) < 4.78 is 6.52. The zero-order chi connectivity index (χ0) is 21.6. The van der Waals surface area contributed by atoms with Gasteiger partial charge in [-0.3, -0.25) is 14.2 Å². The standard InChI is InChI=1S/C25H21N3O3/c1-31-20-14-12-19(13-15-20)26-24(29)17-28-23(16-11-18-7-3-2-4-8-18)27-22-10-6-5-9-21(22)25(28)30/h2-16H,17H2,1H3,(H,26,29)/b16-11+. The maximum absolute atomic E-state index is 13.1. The Kier molecular flexibility index (Phi) is 5.89. The number of para-hydroxylation sites is 1. The molecule has 1 amide bonds. The van der Waals surface area contributed by atoms with Crippen LogP contribution in [0.1, 0.15) is 11.4 Å². The topological polar surface area (TPSA) is 73.2 Å². The first-order chi connectivity index (χ1) is 15.1. The highest BCUT2D eigenvalue weighted by Crippen LogP contribution is 2.15. The van der Waals surface area contributed by atoms with E-state index >= 15 is 0 Å². The van der Waals surface area contributed by atoms with Crippen LogP contribution in [-0.2, 0) is 11.3 Å². The minimum Gasteiger partial charge on any atom is -0.497 e. The van der Waals surface area contributed by atoms with Gasteiger partial charge in [-0.15, -0.1) is 0 Å². The van der Waals surface area contributed by atoms with Crippen molar-refractivity contribution in [3.8, 4) is 5.75 Å². The molecular formula is C25H21N3O3. The minimum atomic E-state index is -0.321. The van der Waals surface area contributed by atoms with Crippen molar-refractivity contribution in [2.75, 3.05) is 12.4 Å². The van der Waals surface area contributed by atoms with Gasteiger partial charge in [-0.2, -0.15) is 0 Å². The molecule has 6 nitrogen and oxygen atoms in total. The highest BCUT2D eigenvalue weighted by Gasteiger charge is 2.13. The molecule has 0 aliphatic heterocycles. The van der Waals surface area contributed by atoms with E-state index in [0.717, 1.165) is 5.56 Å². The molecule has 31 heavy (non-hydrogen) atoms. The highest BCUT2D eigenvalue weighted by molar-refractivity contribution is 5.91. The van der Waals surface area contributed by atoms with Gasteiger partial charge in [-0.05, 0) is 48.0 Å². The SMILES string of the molecule is COc1ccc(NC(=O)Cn2c(/C=C/c3ccccc3)nc3ccccc3c2=O)cc1. The average Bonchev–Trinajstić information content (AvgIpc) is 2.81. The third-order valence-corrected chi connectivity index (χ3v) is 4.79.